The number of carbonyl (C=O) groups excluding carboxylic acids is 1. The first kappa shape index (κ1) is 22.8. The number of anilines is 1. The molecule has 0 bridgehead atoms. The van der Waals surface area contributed by atoms with Gasteiger partial charge >= 0.3 is 6.03 Å². The van der Waals surface area contributed by atoms with E-state index in [1.54, 1.807) is 24.1 Å². The number of nitrogens with one attached hydrogen (secondary N) is 1. The Balaban J connectivity index is 1.74. The Morgan fingerprint density at radius 2 is 2.03 bits per heavy atom. The number of benzene rings is 2. The third-order valence-electron chi connectivity index (χ3n) is 5.01. The smallest absolute Gasteiger partial charge is 0.322 e. The standard InChI is InChI=1S/C24H27ClFN3O2/c1-18-9-10-21(15-23(18)25)27-24(30)29(12-5-13-31-2)17-22-8-4-11-28(22)16-19-6-3-7-20(26)14-19/h3-4,6-11,14-15H,5,12-13,16-17H2,1-2H3,(H,27,30). The van der Waals surface area contributed by atoms with Crippen molar-refractivity contribution in [1.82, 2.24) is 9.47 Å². The van der Waals surface area contributed by atoms with Crippen molar-refractivity contribution in [3.8, 4) is 0 Å². The molecule has 0 spiro atoms. The van der Waals surface area contributed by atoms with Crippen LogP contribution in [0.15, 0.2) is 60.8 Å². The van der Waals surface area contributed by atoms with Gasteiger partial charge in [-0.25, -0.2) is 9.18 Å². The molecule has 0 aliphatic rings. The van der Waals surface area contributed by atoms with E-state index in [4.69, 9.17) is 16.3 Å². The highest BCUT2D eigenvalue weighted by Crippen LogP contribution is 2.21. The molecule has 1 heterocycles. The van der Waals surface area contributed by atoms with Gasteiger partial charge in [0.2, 0.25) is 0 Å². The maximum Gasteiger partial charge on any atom is 0.322 e. The normalized spacial score (nSPS) is 10.8. The van der Waals surface area contributed by atoms with Gasteiger partial charge in [-0.15, -0.1) is 0 Å². The van der Waals surface area contributed by atoms with Crippen molar-refractivity contribution in [3.63, 3.8) is 0 Å². The molecule has 0 radical (unpaired) electrons. The lowest BCUT2D eigenvalue weighted by atomic mass is 10.2. The Bertz CT molecular complexity index is 1020. The van der Waals surface area contributed by atoms with E-state index in [1.165, 1.54) is 12.1 Å². The average Bonchev–Trinajstić information content (AvgIpc) is 3.16. The summed E-state index contributed by atoms with van der Waals surface area (Å²) in [5.41, 5.74) is 3.42. The number of ether oxygens (including phenoxy) is 1. The van der Waals surface area contributed by atoms with Crippen LogP contribution < -0.4 is 5.32 Å². The number of carbonyl (C=O) groups is 1. The van der Waals surface area contributed by atoms with Crippen LogP contribution in [-0.2, 0) is 17.8 Å². The Kier molecular flexibility index (Phi) is 8.09. The van der Waals surface area contributed by atoms with E-state index >= 15 is 0 Å². The highest BCUT2D eigenvalue weighted by molar-refractivity contribution is 6.31. The molecule has 0 aliphatic carbocycles. The fourth-order valence-electron chi connectivity index (χ4n) is 3.30. The Morgan fingerprint density at radius 1 is 1.19 bits per heavy atom. The lowest BCUT2D eigenvalue weighted by Crippen LogP contribution is -2.36. The predicted molar refractivity (Wildman–Crippen MR) is 122 cm³/mol. The van der Waals surface area contributed by atoms with Crippen molar-refractivity contribution in [1.29, 1.82) is 0 Å². The van der Waals surface area contributed by atoms with Gasteiger partial charge in [0.15, 0.2) is 0 Å². The van der Waals surface area contributed by atoms with Gasteiger partial charge in [-0.3, -0.25) is 0 Å². The molecule has 2 aromatic carbocycles. The average molecular weight is 444 g/mol. The molecule has 0 atom stereocenters. The fraction of sp³-hybridized carbons (Fsp3) is 0.292. The van der Waals surface area contributed by atoms with Gasteiger partial charge in [-0.1, -0.05) is 29.8 Å². The number of halogens is 2. The lowest BCUT2D eigenvalue weighted by molar-refractivity contribution is 0.171. The first-order valence-electron chi connectivity index (χ1n) is 10.2. The summed E-state index contributed by atoms with van der Waals surface area (Å²) in [7, 11) is 1.64. The fourth-order valence-corrected chi connectivity index (χ4v) is 3.48. The van der Waals surface area contributed by atoms with Crippen LogP contribution in [0.4, 0.5) is 14.9 Å². The quantitative estimate of drug-likeness (QED) is 0.431. The number of hydrogen-bond donors (Lipinski definition) is 1. The molecule has 1 aromatic heterocycles. The molecule has 0 unspecified atom stereocenters. The van der Waals surface area contributed by atoms with Crippen LogP contribution in [0.3, 0.4) is 0 Å². The number of methoxy groups -OCH3 is 1. The zero-order valence-corrected chi connectivity index (χ0v) is 18.5. The number of urea groups is 1. The Morgan fingerprint density at radius 3 is 2.77 bits per heavy atom. The number of aryl methyl sites for hydroxylation is 1. The molecule has 3 aromatic rings. The molecule has 0 saturated heterocycles. The summed E-state index contributed by atoms with van der Waals surface area (Å²) >= 11 is 6.19. The van der Waals surface area contributed by atoms with Crippen molar-refractivity contribution in [2.45, 2.75) is 26.4 Å². The van der Waals surface area contributed by atoms with E-state index in [-0.39, 0.29) is 11.8 Å². The molecule has 2 amide bonds. The van der Waals surface area contributed by atoms with E-state index in [0.29, 0.717) is 43.4 Å². The van der Waals surface area contributed by atoms with Gasteiger partial charge in [0.1, 0.15) is 5.82 Å². The molecular weight excluding hydrogens is 417 g/mol. The second kappa shape index (κ2) is 11.0. The van der Waals surface area contributed by atoms with Crippen molar-refractivity contribution < 1.29 is 13.9 Å². The summed E-state index contributed by atoms with van der Waals surface area (Å²) in [5, 5.41) is 3.53. The minimum Gasteiger partial charge on any atom is -0.385 e. The van der Waals surface area contributed by atoms with E-state index in [2.05, 4.69) is 5.32 Å². The maximum absolute atomic E-state index is 13.6. The topological polar surface area (TPSA) is 46.5 Å². The predicted octanol–water partition coefficient (Wildman–Crippen LogP) is 5.71. The Hall–Kier alpha value is -2.83. The number of aromatic nitrogens is 1. The minimum absolute atomic E-state index is 0.213. The summed E-state index contributed by atoms with van der Waals surface area (Å²) in [6.45, 7) is 3.95. The number of amides is 2. The van der Waals surface area contributed by atoms with Crippen LogP contribution >= 0.6 is 11.6 Å². The summed E-state index contributed by atoms with van der Waals surface area (Å²) in [5.74, 6) is -0.261. The minimum atomic E-state index is -0.261. The van der Waals surface area contributed by atoms with E-state index in [0.717, 1.165) is 16.8 Å². The molecule has 5 nitrogen and oxygen atoms in total. The molecule has 0 aliphatic heterocycles. The van der Waals surface area contributed by atoms with E-state index in [9.17, 15) is 9.18 Å². The summed E-state index contributed by atoms with van der Waals surface area (Å²) in [6, 6.07) is 15.7. The van der Waals surface area contributed by atoms with Gasteiger partial charge in [0.25, 0.3) is 0 Å². The van der Waals surface area contributed by atoms with Crippen molar-refractivity contribution >= 4 is 23.3 Å². The van der Waals surface area contributed by atoms with Crippen LogP contribution in [0.25, 0.3) is 0 Å². The maximum atomic E-state index is 13.6. The molecule has 31 heavy (non-hydrogen) atoms. The molecule has 0 fully saturated rings. The Labute approximate surface area is 187 Å². The summed E-state index contributed by atoms with van der Waals surface area (Å²) < 4.78 is 20.7. The van der Waals surface area contributed by atoms with Gasteiger partial charge in [0.05, 0.1) is 6.54 Å². The molecule has 3 rings (SSSR count). The first-order valence-corrected chi connectivity index (χ1v) is 10.5. The number of hydrogen-bond acceptors (Lipinski definition) is 2. The molecule has 164 valence electrons. The SMILES string of the molecule is COCCCN(Cc1cccn1Cc1cccc(F)c1)C(=O)Nc1ccc(C)c(Cl)c1. The van der Waals surface area contributed by atoms with Gasteiger partial charge < -0.3 is 19.5 Å². The molecular formula is C24H27ClFN3O2. The molecule has 7 heteroatoms. The van der Waals surface area contributed by atoms with Gasteiger partial charge in [0, 0.05) is 49.4 Å². The zero-order valence-electron chi connectivity index (χ0n) is 17.8. The van der Waals surface area contributed by atoms with E-state index < -0.39 is 0 Å². The van der Waals surface area contributed by atoms with Gasteiger partial charge in [-0.2, -0.15) is 0 Å². The second-order valence-electron chi connectivity index (χ2n) is 7.42. The molecule has 1 N–H and O–H groups in total. The van der Waals surface area contributed by atoms with Crippen LogP contribution in [-0.4, -0.2) is 35.8 Å². The molecule has 0 saturated carbocycles. The third-order valence-corrected chi connectivity index (χ3v) is 5.41. The lowest BCUT2D eigenvalue weighted by Gasteiger charge is -2.24. The van der Waals surface area contributed by atoms with Gasteiger partial charge in [-0.05, 0) is 60.9 Å². The van der Waals surface area contributed by atoms with Crippen LogP contribution in [0.2, 0.25) is 5.02 Å². The summed E-state index contributed by atoms with van der Waals surface area (Å²) in [6.07, 6.45) is 2.65. The van der Waals surface area contributed by atoms with Crippen molar-refractivity contribution in [2.75, 3.05) is 25.6 Å². The van der Waals surface area contributed by atoms with Crippen molar-refractivity contribution in [3.05, 3.63) is 88.5 Å². The summed E-state index contributed by atoms with van der Waals surface area (Å²) in [4.78, 5) is 14.8. The highest BCUT2D eigenvalue weighted by atomic mass is 35.5. The highest BCUT2D eigenvalue weighted by Gasteiger charge is 2.16. The van der Waals surface area contributed by atoms with Crippen LogP contribution in [0.1, 0.15) is 23.2 Å². The van der Waals surface area contributed by atoms with Crippen LogP contribution in [0, 0.1) is 12.7 Å². The zero-order chi connectivity index (χ0) is 22.2. The first-order chi connectivity index (χ1) is 15.0. The van der Waals surface area contributed by atoms with Crippen molar-refractivity contribution in [2.24, 2.45) is 0 Å². The van der Waals surface area contributed by atoms with E-state index in [1.807, 2.05) is 48.0 Å². The number of nitrogens with zero attached hydrogens (tertiary/aromatic N) is 2. The monoisotopic (exact) mass is 443 g/mol. The largest absolute Gasteiger partial charge is 0.385 e. The third kappa shape index (κ3) is 6.57. The second-order valence-corrected chi connectivity index (χ2v) is 7.83. The van der Waals surface area contributed by atoms with Crippen LogP contribution in [0.5, 0.6) is 0 Å². The number of rotatable bonds is 9.